The standard InChI is InChI=1S/C25H42O/c1-21(2)11-7-12-22(3)13-8-14-23(4)15-9-16-24(5)17-10-18-25(6)19-20-26/h11,13,15,17,19,26H,7-10,12,14,16,18,20H2,1-6H3/b22-13+,23-15?,24-17?,25-19+. The maximum atomic E-state index is 8.86. The first-order chi connectivity index (χ1) is 12.3. The quantitative estimate of drug-likeness (QED) is 0.332. The van der Waals surface area contributed by atoms with E-state index in [1.54, 1.807) is 0 Å². The molecule has 0 unspecified atom stereocenters. The lowest BCUT2D eigenvalue weighted by atomic mass is 10.0. The van der Waals surface area contributed by atoms with Crippen molar-refractivity contribution in [3.05, 3.63) is 58.2 Å². The molecule has 0 heterocycles. The Balaban J connectivity index is 4.03. The Morgan fingerprint density at radius 1 is 0.500 bits per heavy atom. The van der Waals surface area contributed by atoms with E-state index in [1.807, 2.05) is 6.08 Å². The van der Waals surface area contributed by atoms with Gasteiger partial charge in [-0.25, -0.2) is 0 Å². The van der Waals surface area contributed by atoms with Crippen molar-refractivity contribution in [2.24, 2.45) is 0 Å². The lowest BCUT2D eigenvalue weighted by Crippen LogP contribution is -1.83. The second kappa shape index (κ2) is 15.9. The van der Waals surface area contributed by atoms with E-state index in [1.165, 1.54) is 47.1 Å². The highest BCUT2D eigenvalue weighted by Gasteiger charge is 1.94. The number of allylic oxidation sites excluding steroid dienone is 9. The van der Waals surface area contributed by atoms with E-state index < -0.39 is 0 Å². The molecule has 0 saturated carbocycles. The molecule has 1 heteroatoms. The molecule has 0 amide bonds. The number of rotatable bonds is 13. The zero-order valence-corrected chi connectivity index (χ0v) is 18.2. The minimum atomic E-state index is 0.156. The van der Waals surface area contributed by atoms with Gasteiger partial charge in [-0.15, -0.1) is 0 Å². The molecule has 0 aromatic rings. The van der Waals surface area contributed by atoms with Gasteiger partial charge in [0.15, 0.2) is 0 Å². The van der Waals surface area contributed by atoms with Crippen LogP contribution in [0, 0.1) is 0 Å². The minimum Gasteiger partial charge on any atom is -0.392 e. The van der Waals surface area contributed by atoms with Gasteiger partial charge in [0.25, 0.3) is 0 Å². The second-order valence-electron chi connectivity index (χ2n) is 7.82. The largest absolute Gasteiger partial charge is 0.392 e. The first-order valence-corrected chi connectivity index (χ1v) is 10.2. The van der Waals surface area contributed by atoms with E-state index in [0.717, 1.165) is 32.1 Å². The Hall–Kier alpha value is -1.34. The molecule has 0 saturated heterocycles. The molecule has 1 N–H and O–H groups in total. The first kappa shape index (κ1) is 24.7. The Bertz CT molecular complexity index is 522. The molecular formula is C25H42O. The highest BCUT2D eigenvalue weighted by Crippen LogP contribution is 2.14. The molecule has 26 heavy (non-hydrogen) atoms. The summed E-state index contributed by atoms with van der Waals surface area (Å²) in [6.07, 6.45) is 20.5. The first-order valence-electron chi connectivity index (χ1n) is 10.2. The van der Waals surface area contributed by atoms with Crippen LogP contribution in [0.2, 0.25) is 0 Å². The number of aliphatic hydroxyl groups is 1. The van der Waals surface area contributed by atoms with Crippen molar-refractivity contribution >= 4 is 0 Å². The third-order valence-electron chi connectivity index (χ3n) is 4.63. The van der Waals surface area contributed by atoms with Crippen LogP contribution >= 0.6 is 0 Å². The molecule has 0 radical (unpaired) electrons. The summed E-state index contributed by atoms with van der Waals surface area (Å²) in [5.41, 5.74) is 7.18. The van der Waals surface area contributed by atoms with Crippen molar-refractivity contribution in [3.8, 4) is 0 Å². The Kier molecular flexibility index (Phi) is 15.1. The summed E-state index contributed by atoms with van der Waals surface area (Å²) < 4.78 is 0. The summed E-state index contributed by atoms with van der Waals surface area (Å²) >= 11 is 0. The van der Waals surface area contributed by atoms with E-state index >= 15 is 0 Å². The number of aliphatic hydroxyl groups excluding tert-OH is 1. The minimum absolute atomic E-state index is 0.156. The molecule has 0 spiro atoms. The molecule has 1 nitrogen and oxygen atoms in total. The second-order valence-corrected chi connectivity index (χ2v) is 7.82. The molecule has 0 aliphatic heterocycles. The predicted molar refractivity (Wildman–Crippen MR) is 118 cm³/mol. The summed E-state index contributed by atoms with van der Waals surface area (Å²) in [4.78, 5) is 0. The van der Waals surface area contributed by atoms with Gasteiger partial charge < -0.3 is 5.11 Å². The molecule has 148 valence electrons. The smallest absolute Gasteiger partial charge is 0.0614 e. The van der Waals surface area contributed by atoms with E-state index in [9.17, 15) is 0 Å². The van der Waals surface area contributed by atoms with Gasteiger partial charge in [-0.3, -0.25) is 0 Å². The van der Waals surface area contributed by atoms with Gasteiger partial charge >= 0.3 is 0 Å². The Morgan fingerprint density at radius 2 is 0.808 bits per heavy atom. The summed E-state index contributed by atoms with van der Waals surface area (Å²) in [5, 5.41) is 8.86. The summed E-state index contributed by atoms with van der Waals surface area (Å²) in [7, 11) is 0. The molecule has 0 aliphatic carbocycles. The van der Waals surface area contributed by atoms with Gasteiger partial charge in [-0.2, -0.15) is 0 Å². The van der Waals surface area contributed by atoms with Crippen LogP contribution in [0.5, 0.6) is 0 Å². The average molecular weight is 359 g/mol. The van der Waals surface area contributed by atoms with Gasteiger partial charge in [0, 0.05) is 0 Å². The molecule has 0 fully saturated rings. The van der Waals surface area contributed by atoms with Crippen LogP contribution in [0.4, 0.5) is 0 Å². The predicted octanol–water partition coefficient (Wildman–Crippen LogP) is 7.85. The highest BCUT2D eigenvalue weighted by molar-refractivity contribution is 5.08. The fourth-order valence-electron chi connectivity index (χ4n) is 2.79. The van der Waals surface area contributed by atoms with Gasteiger partial charge in [-0.05, 0) is 92.9 Å². The van der Waals surface area contributed by atoms with Crippen molar-refractivity contribution < 1.29 is 5.11 Å². The maximum absolute atomic E-state index is 8.86. The molecule has 0 aromatic heterocycles. The van der Waals surface area contributed by atoms with E-state index in [4.69, 9.17) is 5.11 Å². The normalized spacial score (nSPS) is 14.0. The monoisotopic (exact) mass is 358 g/mol. The van der Waals surface area contributed by atoms with E-state index in [-0.39, 0.29) is 6.61 Å². The SMILES string of the molecule is CC(C)=CCC/C(C)=C/CCC(C)=CCCC(C)=CCC/C(C)=C/CO. The summed E-state index contributed by atoms with van der Waals surface area (Å²) in [5.74, 6) is 0. The zero-order valence-electron chi connectivity index (χ0n) is 18.2. The fourth-order valence-corrected chi connectivity index (χ4v) is 2.79. The van der Waals surface area contributed by atoms with Crippen LogP contribution in [0.3, 0.4) is 0 Å². The molecular weight excluding hydrogens is 316 g/mol. The molecule has 0 atom stereocenters. The molecule has 0 rings (SSSR count). The third-order valence-corrected chi connectivity index (χ3v) is 4.63. The lowest BCUT2D eigenvalue weighted by molar-refractivity contribution is 0.341. The topological polar surface area (TPSA) is 20.2 Å². The van der Waals surface area contributed by atoms with Gasteiger partial charge in [0.1, 0.15) is 0 Å². The third kappa shape index (κ3) is 16.1. The summed E-state index contributed by atoms with van der Waals surface area (Å²) in [6, 6.07) is 0. The van der Waals surface area contributed by atoms with E-state index in [2.05, 4.69) is 65.8 Å². The fraction of sp³-hybridized carbons (Fsp3) is 0.600. The van der Waals surface area contributed by atoms with Gasteiger partial charge in [0.2, 0.25) is 0 Å². The highest BCUT2D eigenvalue weighted by atomic mass is 16.2. The van der Waals surface area contributed by atoms with Gasteiger partial charge in [-0.1, -0.05) is 58.2 Å². The Morgan fingerprint density at radius 3 is 1.12 bits per heavy atom. The van der Waals surface area contributed by atoms with Gasteiger partial charge in [0.05, 0.1) is 6.61 Å². The van der Waals surface area contributed by atoms with Crippen LogP contribution < -0.4 is 0 Å². The summed E-state index contributed by atoms with van der Waals surface area (Å²) in [6.45, 7) is 13.3. The molecule has 0 aliphatic rings. The Labute approximate surface area is 163 Å². The van der Waals surface area contributed by atoms with Crippen LogP contribution in [-0.2, 0) is 0 Å². The van der Waals surface area contributed by atoms with Crippen molar-refractivity contribution in [1.29, 1.82) is 0 Å². The maximum Gasteiger partial charge on any atom is 0.0614 e. The van der Waals surface area contributed by atoms with Crippen molar-refractivity contribution in [1.82, 2.24) is 0 Å². The van der Waals surface area contributed by atoms with Crippen LogP contribution in [-0.4, -0.2) is 11.7 Å². The lowest BCUT2D eigenvalue weighted by Gasteiger charge is -2.03. The van der Waals surface area contributed by atoms with Crippen LogP contribution in [0.15, 0.2) is 58.2 Å². The van der Waals surface area contributed by atoms with Crippen LogP contribution in [0.1, 0.15) is 92.9 Å². The van der Waals surface area contributed by atoms with E-state index in [0.29, 0.717) is 0 Å². The molecule has 0 bridgehead atoms. The van der Waals surface area contributed by atoms with Crippen molar-refractivity contribution in [2.75, 3.05) is 6.61 Å². The number of hydrogen-bond acceptors (Lipinski definition) is 1. The van der Waals surface area contributed by atoms with Crippen molar-refractivity contribution in [3.63, 3.8) is 0 Å². The molecule has 0 aromatic carbocycles. The number of hydrogen-bond donors (Lipinski definition) is 1. The van der Waals surface area contributed by atoms with Crippen molar-refractivity contribution in [2.45, 2.75) is 92.9 Å². The zero-order chi connectivity index (χ0) is 19.8. The average Bonchev–Trinajstić information content (AvgIpc) is 2.54. The van der Waals surface area contributed by atoms with Crippen LogP contribution in [0.25, 0.3) is 0 Å².